The number of aromatic nitrogens is 2. The summed E-state index contributed by atoms with van der Waals surface area (Å²) < 4.78 is 17.4. The fourth-order valence-corrected chi connectivity index (χ4v) is 3.94. The Bertz CT molecular complexity index is 1150. The molecule has 3 aromatic rings. The number of hydrogen-bond donors (Lipinski definition) is 1. The van der Waals surface area contributed by atoms with Gasteiger partial charge in [-0.15, -0.1) is 0 Å². The fourth-order valence-electron chi connectivity index (χ4n) is 3.94. The molecule has 2 heterocycles. The lowest BCUT2D eigenvalue weighted by atomic mass is 10.00. The first-order valence-corrected chi connectivity index (χ1v) is 11.4. The van der Waals surface area contributed by atoms with E-state index < -0.39 is 0 Å². The average Bonchev–Trinajstić information content (AvgIpc) is 2.87. The number of benzene rings is 2. The molecule has 0 radical (unpaired) electrons. The van der Waals surface area contributed by atoms with Crippen LogP contribution < -0.4 is 15.4 Å². The topological polar surface area (TPSA) is 107 Å². The van der Waals surface area contributed by atoms with Crippen molar-refractivity contribution in [2.75, 3.05) is 44.4 Å². The molecule has 1 aliphatic heterocycles. The molecule has 1 aromatic heterocycles. The molecule has 0 spiro atoms. The number of hydrogen-bond acceptors (Lipinski definition) is 8. The second kappa shape index (κ2) is 11.1. The van der Waals surface area contributed by atoms with Gasteiger partial charge >= 0.3 is 0 Å². The molecule has 176 valence electrons. The predicted molar refractivity (Wildman–Crippen MR) is 130 cm³/mol. The van der Waals surface area contributed by atoms with Crippen LogP contribution >= 0.6 is 0 Å². The number of morpholine rings is 1. The summed E-state index contributed by atoms with van der Waals surface area (Å²) in [6.45, 7) is 7.67. The van der Waals surface area contributed by atoms with Crippen molar-refractivity contribution in [3.63, 3.8) is 0 Å². The maximum absolute atomic E-state index is 9.45. The predicted octanol–water partition coefficient (Wildman–Crippen LogP) is 3.99. The zero-order chi connectivity index (χ0) is 23.9. The third-order valence-electron chi connectivity index (χ3n) is 5.64. The number of rotatable bonds is 8. The van der Waals surface area contributed by atoms with E-state index in [9.17, 15) is 5.26 Å². The standard InChI is InChI=1S/C26H29N5O3/c1-3-33-24(17-28)21-7-5-20(6-8-21)22-9-4-19(16-27)14-23(22)34-26-15-25(29-18(2)30-26)31-10-12-32-13-11-31/h4-9,14-15,24H,3,10-13,17,28H2,1-2H3. The van der Waals surface area contributed by atoms with Crippen molar-refractivity contribution in [1.82, 2.24) is 9.97 Å². The van der Waals surface area contributed by atoms with Gasteiger partial charge in [-0.2, -0.15) is 10.2 Å². The molecular weight excluding hydrogens is 430 g/mol. The Balaban J connectivity index is 1.65. The Morgan fingerprint density at radius 3 is 2.56 bits per heavy atom. The second-order valence-electron chi connectivity index (χ2n) is 7.94. The first-order chi connectivity index (χ1) is 16.6. The van der Waals surface area contributed by atoms with Gasteiger partial charge in [-0.1, -0.05) is 24.3 Å². The van der Waals surface area contributed by atoms with E-state index in [-0.39, 0.29) is 6.10 Å². The Hall–Kier alpha value is -3.51. The van der Waals surface area contributed by atoms with Crippen LogP contribution in [0, 0.1) is 18.3 Å². The zero-order valence-electron chi connectivity index (χ0n) is 19.5. The maximum Gasteiger partial charge on any atom is 0.224 e. The smallest absolute Gasteiger partial charge is 0.224 e. The third-order valence-corrected chi connectivity index (χ3v) is 5.64. The van der Waals surface area contributed by atoms with Gasteiger partial charge in [-0.05, 0) is 43.2 Å². The lowest BCUT2D eigenvalue weighted by Gasteiger charge is -2.28. The Morgan fingerprint density at radius 1 is 1.12 bits per heavy atom. The molecule has 8 nitrogen and oxygen atoms in total. The first kappa shape index (κ1) is 23.6. The highest BCUT2D eigenvalue weighted by atomic mass is 16.5. The molecule has 0 aliphatic carbocycles. The van der Waals surface area contributed by atoms with Crippen molar-refractivity contribution < 1.29 is 14.2 Å². The zero-order valence-corrected chi connectivity index (χ0v) is 19.5. The van der Waals surface area contributed by atoms with Crippen LogP contribution in [0.15, 0.2) is 48.5 Å². The lowest BCUT2D eigenvalue weighted by molar-refractivity contribution is 0.0688. The van der Waals surface area contributed by atoms with E-state index in [2.05, 4.69) is 20.9 Å². The third kappa shape index (κ3) is 5.51. The Morgan fingerprint density at radius 2 is 1.88 bits per heavy atom. The lowest BCUT2D eigenvalue weighted by Crippen LogP contribution is -2.36. The molecule has 2 aromatic carbocycles. The molecule has 0 saturated carbocycles. The van der Waals surface area contributed by atoms with Crippen LogP contribution in [-0.4, -0.2) is 49.4 Å². The average molecular weight is 460 g/mol. The molecule has 4 rings (SSSR count). The van der Waals surface area contributed by atoms with Crippen molar-refractivity contribution >= 4 is 5.82 Å². The minimum absolute atomic E-state index is 0.140. The number of anilines is 1. The number of nitrogens with zero attached hydrogens (tertiary/aromatic N) is 4. The van der Waals surface area contributed by atoms with E-state index in [1.807, 2.05) is 50.2 Å². The number of ether oxygens (including phenoxy) is 3. The fraction of sp³-hybridized carbons (Fsp3) is 0.346. The summed E-state index contributed by atoms with van der Waals surface area (Å²) in [7, 11) is 0. The summed E-state index contributed by atoms with van der Waals surface area (Å²) in [6.07, 6.45) is -0.140. The molecule has 2 N–H and O–H groups in total. The Labute approximate surface area is 199 Å². The van der Waals surface area contributed by atoms with Crippen molar-refractivity contribution in [1.29, 1.82) is 5.26 Å². The largest absolute Gasteiger partial charge is 0.438 e. The van der Waals surface area contributed by atoms with Crippen LogP contribution in [0.4, 0.5) is 5.82 Å². The summed E-state index contributed by atoms with van der Waals surface area (Å²) in [4.78, 5) is 11.2. The van der Waals surface area contributed by atoms with Crippen LogP contribution in [0.2, 0.25) is 0 Å². The highest BCUT2D eigenvalue weighted by Gasteiger charge is 2.17. The quantitative estimate of drug-likeness (QED) is 0.539. The van der Waals surface area contributed by atoms with E-state index >= 15 is 0 Å². The van der Waals surface area contributed by atoms with Crippen LogP contribution in [0.3, 0.4) is 0 Å². The minimum Gasteiger partial charge on any atom is -0.438 e. The van der Waals surface area contributed by atoms with E-state index in [0.29, 0.717) is 49.4 Å². The number of nitriles is 1. The monoisotopic (exact) mass is 459 g/mol. The molecule has 8 heteroatoms. The van der Waals surface area contributed by atoms with Gasteiger partial charge in [0.05, 0.1) is 31.0 Å². The van der Waals surface area contributed by atoms with E-state index in [1.165, 1.54) is 0 Å². The van der Waals surface area contributed by atoms with Gasteiger partial charge in [0.2, 0.25) is 5.88 Å². The van der Waals surface area contributed by atoms with Crippen LogP contribution in [0.25, 0.3) is 11.1 Å². The molecule has 34 heavy (non-hydrogen) atoms. The van der Waals surface area contributed by atoms with Crippen LogP contribution in [-0.2, 0) is 9.47 Å². The second-order valence-corrected chi connectivity index (χ2v) is 7.94. The number of nitrogens with two attached hydrogens (primary N) is 1. The summed E-state index contributed by atoms with van der Waals surface area (Å²) in [5, 5.41) is 9.45. The van der Waals surface area contributed by atoms with Crippen molar-refractivity contribution in [3.05, 3.63) is 65.5 Å². The summed E-state index contributed by atoms with van der Waals surface area (Å²) in [5.41, 5.74) is 9.20. The first-order valence-electron chi connectivity index (χ1n) is 11.4. The Kier molecular flexibility index (Phi) is 7.70. The number of aryl methyl sites for hydroxylation is 1. The SMILES string of the molecule is CCOC(CN)c1ccc(-c2ccc(C#N)cc2Oc2cc(N3CCOCC3)nc(C)n2)cc1. The summed E-state index contributed by atoms with van der Waals surface area (Å²) in [6, 6.07) is 17.5. The van der Waals surface area contributed by atoms with Crippen molar-refractivity contribution in [2.45, 2.75) is 20.0 Å². The van der Waals surface area contributed by atoms with Gasteiger partial charge in [0.1, 0.15) is 17.4 Å². The van der Waals surface area contributed by atoms with Gasteiger partial charge < -0.3 is 24.8 Å². The van der Waals surface area contributed by atoms with Crippen LogP contribution in [0.1, 0.15) is 30.0 Å². The highest BCUT2D eigenvalue weighted by molar-refractivity contribution is 5.72. The molecule has 1 aliphatic rings. The van der Waals surface area contributed by atoms with Gasteiger partial charge in [0.25, 0.3) is 0 Å². The van der Waals surface area contributed by atoms with E-state index in [1.54, 1.807) is 12.1 Å². The molecule has 1 unspecified atom stereocenters. The summed E-state index contributed by atoms with van der Waals surface area (Å²) >= 11 is 0. The molecular formula is C26H29N5O3. The van der Waals surface area contributed by atoms with E-state index in [4.69, 9.17) is 19.9 Å². The van der Waals surface area contributed by atoms with Crippen molar-refractivity contribution in [2.24, 2.45) is 5.73 Å². The normalized spacial score (nSPS) is 14.5. The summed E-state index contributed by atoms with van der Waals surface area (Å²) in [5.74, 6) is 2.40. The highest BCUT2D eigenvalue weighted by Crippen LogP contribution is 2.35. The van der Waals surface area contributed by atoms with Crippen molar-refractivity contribution in [3.8, 4) is 28.8 Å². The molecule has 0 amide bonds. The molecule has 1 saturated heterocycles. The molecule has 1 atom stereocenters. The van der Waals surface area contributed by atoms with Gasteiger partial charge in [-0.25, -0.2) is 4.98 Å². The van der Waals surface area contributed by atoms with Gasteiger partial charge in [0.15, 0.2) is 0 Å². The minimum atomic E-state index is -0.140. The van der Waals surface area contributed by atoms with Gasteiger partial charge in [0, 0.05) is 37.9 Å². The van der Waals surface area contributed by atoms with Crippen LogP contribution in [0.5, 0.6) is 11.6 Å². The van der Waals surface area contributed by atoms with Gasteiger partial charge in [-0.3, -0.25) is 0 Å². The molecule has 1 fully saturated rings. The van der Waals surface area contributed by atoms with E-state index in [0.717, 1.165) is 35.6 Å². The maximum atomic E-state index is 9.45. The molecule has 0 bridgehead atoms.